The molecule has 0 saturated heterocycles. The maximum Gasteiger partial charge on any atom is 0.304 e. The number of aliphatic hydroxyl groups excluding tert-OH is 1. The Morgan fingerprint density at radius 2 is 2.54 bits per heavy atom. The Balaban J connectivity index is 2.75. The van der Waals surface area contributed by atoms with Crippen LogP contribution in [0.1, 0.15) is 25.8 Å². The molecule has 1 N–H and O–H groups in total. The minimum absolute atomic E-state index is 0.119. The number of hydrogen-bond acceptors (Lipinski definition) is 4. The molecule has 0 amide bonds. The zero-order chi connectivity index (χ0) is 9.84. The van der Waals surface area contributed by atoms with Gasteiger partial charge < -0.3 is 9.84 Å². The van der Waals surface area contributed by atoms with Crippen LogP contribution in [0.15, 0.2) is 12.5 Å². The normalized spacial score (nSPS) is 12.5. The maximum absolute atomic E-state index is 10.6. The summed E-state index contributed by atoms with van der Waals surface area (Å²) in [5.74, 6) is -0.356. The van der Waals surface area contributed by atoms with E-state index in [1.807, 2.05) is 0 Å². The Morgan fingerprint density at radius 1 is 1.85 bits per heavy atom. The molecule has 0 fully saturated rings. The van der Waals surface area contributed by atoms with E-state index in [2.05, 4.69) is 4.98 Å². The van der Waals surface area contributed by atoms with Crippen molar-refractivity contribution in [3.05, 3.63) is 18.2 Å². The monoisotopic (exact) mass is 184 g/mol. The van der Waals surface area contributed by atoms with Crippen LogP contribution in [0.5, 0.6) is 0 Å². The predicted octanol–water partition coefficient (Wildman–Crippen LogP) is 0.457. The van der Waals surface area contributed by atoms with Crippen LogP contribution in [0.4, 0.5) is 0 Å². The Hall–Kier alpha value is -1.36. The van der Waals surface area contributed by atoms with Gasteiger partial charge in [-0.1, -0.05) is 0 Å². The van der Waals surface area contributed by atoms with Crippen molar-refractivity contribution < 1.29 is 14.6 Å². The standard InChI is InChI=1S/C8H12N2O3/c1-6(13-7(2)12)10-5-9-3-8(10)4-11/h3,5-6,11H,4H2,1-2H3. The largest absolute Gasteiger partial charge is 0.442 e. The summed E-state index contributed by atoms with van der Waals surface area (Å²) in [4.78, 5) is 14.5. The summed E-state index contributed by atoms with van der Waals surface area (Å²) < 4.78 is 6.51. The first kappa shape index (κ1) is 9.73. The first-order valence-corrected chi connectivity index (χ1v) is 3.94. The molecule has 72 valence electrons. The number of aromatic nitrogens is 2. The highest BCUT2D eigenvalue weighted by Crippen LogP contribution is 2.11. The molecule has 13 heavy (non-hydrogen) atoms. The molecule has 1 aromatic rings. The lowest BCUT2D eigenvalue weighted by molar-refractivity contribution is -0.149. The summed E-state index contributed by atoms with van der Waals surface area (Å²) in [7, 11) is 0. The second-order valence-electron chi connectivity index (χ2n) is 2.66. The van der Waals surface area contributed by atoms with Gasteiger partial charge in [0.25, 0.3) is 0 Å². The van der Waals surface area contributed by atoms with E-state index in [0.717, 1.165) is 0 Å². The van der Waals surface area contributed by atoms with E-state index in [-0.39, 0.29) is 12.6 Å². The van der Waals surface area contributed by atoms with Crippen molar-refractivity contribution >= 4 is 5.97 Å². The molecule has 0 bridgehead atoms. The molecule has 1 atom stereocenters. The van der Waals surface area contributed by atoms with E-state index in [4.69, 9.17) is 9.84 Å². The van der Waals surface area contributed by atoms with Gasteiger partial charge in [0.05, 0.1) is 24.8 Å². The first-order valence-electron chi connectivity index (χ1n) is 3.94. The Morgan fingerprint density at radius 3 is 3.08 bits per heavy atom. The fraction of sp³-hybridized carbons (Fsp3) is 0.500. The molecule has 1 rings (SSSR count). The molecule has 5 nitrogen and oxygen atoms in total. The van der Waals surface area contributed by atoms with Crippen LogP contribution in [0, 0.1) is 0 Å². The van der Waals surface area contributed by atoms with Crippen LogP contribution in [0.3, 0.4) is 0 Å². The topological polar surface area (TPSA) is 64.4 Å². The third kappa shape index (κ3) is 2.29. The highest BCUT2D eigenvalue weighted by atomic mass is 16.6. The molecule has 0 spiro atoms. The summed E-state index contributed by atoms with van der Waals surface area (Å²) in [5, 5.41) is 8.89. The van der Waals surface area contributed by atoms with Crippen molar-refractivity contribution in [3.8, 4) is 0 Å². The van der Waals surface area contributed by atoms with E-state index in [1.165, 1.54) is 19.4 Å². The Labute approximate surface area is 76.0 Å². The van der Waals surface area contributed by atoms with Gasteiger partial charge in [0.1, 0.15) is 0 Å². The Kier molecular flexibility index (Phi) is 3.02. The lowest BCUT2D eigenvalue weighted by atomic mass is 10.4. The van der Waals surface area contributed by atoms with Gasteiger partial charge in [-0.3, -0.25) is 9.36 Å². The van der Waals surface area contributed by atoms with Crippen molar-refractivity contribution in [2.75, 3.05) is 0 Å². The smallest absolute Gasteiger partial charge is 0.304 e. The second-order valence-corrected chi connectivity index (χ2v) is 2.66. The molecule has 0 aliphatic rings. The maximum atomic E-state index is 10.6. The van der Waals surface area contributed by atoms with Crippen LogP contribution in [-0.4, -0.2) is 20.6 Å². The molecular formula is C8H12N2O3. The highest BCUT2D eigenvalue weighted by Gasteiger charge is 2.10. The number of carbonyl (C=O) groups is 1. The molecule has 0 aliphatic heterocycles. The highest BCUT2D eigenvalue weighted by molar-refractivity contribution is 5.65. The molecule has 0 aromatic carbocycles. The number of carbonyl (C=O) groups excluding carboxylic acids is 1. The lowest BCUT2D eigenvalue weighted by Crippen LogP contribution is -2.13. The van der Waals surface area contributed by atoms with Gasteiger partial charge in [-0.25, -0.2) is 4.98 Å². The Bertz CT molecular complexity index is 295. The van der Waals surface area contributed by atoms with Crippen molar-refractivity contribution in [3.63, 3.8) is 0 Å². The second kappa shape index (κ2) is 4.04. The molecule has 5 heteroatoms. The number of rotatable bonds is 3. The van der Waals surface area contributed by atoms with Gasteiger partial charge in [0, 0.05) is 6.92 Å². The van der Waals surface area contributed by atoms with Crippen LogP contribution in [0.2, 0.25) is 0 Å². The SMILES string of the molecule is CC(=O)OC(C)n1cncc1CO. The fourth-order valence-corrected chi connectivity index (χ4v) is 1.08. The average molecular weight is 184 g/mol. The number of nitrogens with zero attached hydrogens (tertiary/aromatic N) is 2. The number of aliphatic hydroxyl groups is 1. The zero-order valence-electron chi connectivity index (χ0n) is 7.60. The number of esters is 1. The molecule has 0 aliphatic carbocycles. The van der Waals surface area contributed by atoms with Crippen molar-refractivity contribution in [2.24, 2.45) is 0 Å². The van der Waals surface area contributed by atoms with Crippen LogP contribution in [0.25, 0.3) is 0 Å². The number of ether oxygens (including phenoxy) is 1. The summed E-state index contributed by atoms with van der Waals surface area (Å²) in [6, 6.07) is 0. The molecule has 1 aromatic heterocycles. The molecule has 0 saturated carbocycles. The van der Waals surface area contributed by atoms with Gasteiger partial charge in [0.2, 0.25) is 0 Å². The number of imidazole rings is 1. The van der Waals surface area contributed by atoms with Crippen LogP contribution < -0.4 is 0 Å². The van der Waals surface area contributed by atoms with E-state index in [0.29, 0.717) is 5.69 Å². The van der Waals surface area contributed by atoms with Crippen LogP contribution in [-0.2, 0) is 16.1 Å². The minimum Gasteiger partial charge on any atom is -0.442 e. The molecule has 1 heterocycles. The lowest BCUT2D eigenvalue weighted by Gasteiger charge is -2.14. The van der Waals surface area contributed by atoms with E-state index >= 15 is 0 Å². The van der Waals surface area contributed by atoms with Gasteiger partial charge in [-0.2, -0.15) is 0 Å². The summed E-state index contributed by atoms with van der Waals surface area (Å²) >= 11 is 0. The minimum atomic E-state index is -0.429. The number of hydrogen-bond donors (Lipinski definition) is 1. The van der Waals surface area contributed by atoms with Crippen molar-refractivity contribution in [1.29, 1.82) is 0 Å². The quantitative estimate of drug-likeness (QED) is 0.693. The van der Waals surface area contributed by atoms with E-state index in [9.17, 15) is 4.79 Å². The third-order valence-electron chi connectivity index (χ3n) is 1.64. The molecule has 1 unspecified atom stereocenters. The zero-order valence-corrected chi connectivity index (χ0v) is 7.60. The van der Waals surface area contributed by atoms with Gasteiger partial charge in [0.15, 0.2) is 6.23 Å². The predicted molar refractivity (Wildman–Crippen MR) is 44.6 cm³/mol. The van der Waals surface area contributed by atoms with E-state index < -0.39 is 6.23 Å². The van der Waals surface area contributed by atoms with Crippen molar-refractivity contribution in [2.45, 2.75) is 26.7 Å². The van der Waals surface area contributed by atoms with E-state index in [1.54, 1.807) is 11.5 Å². The van der Waals surface area contributed by atoms with Gasteiger partial charge in [-0.05, 0) is 6.92 Å². The molecule has 0 radical (unpaired) electrons. The summed E-state index contributed by atoms with van der Waals surface area (Å²) in [6.45, 7) is 2.93. The third-order valence-corrected chi connectivity index (χ3v) is 1.64. The summed E-state index contributed by atoms with van der Waals surface area (Å²) in [5.41, 5.74) is 0.619. The van der Waals surface area contributed by atoms with Crippen LogP contribution >= 0.6 is 0 Å². The average Bonchev–Trinajstić information content (AvgIpc) is 2.49. The van der Waals surface area contributed by atoms with Gasteiger partial charge >= 0.3 is 5.97 Å². The van der Waals surface area contributed by atoms with Gasteiger partial charge in [-0.15, -0.1) is 0 Å². The first-order chi connectivity index (χ1) is 6.15. The molecular weight excluding hydrogens is 172 g/mol. The van der Waals surface area contributed by atoms with Crippen molar-refractivity contribution in [1.82, 2.24) is 9.55 Å². The fourth-order valence-electron chi connectivity index (χ4n) is 1.08. The summed E-state index contributed by atoms with van der Waals surface area (Å²) in [6.07, 6.45) is 2.61.